The van der Waals surface area contributed by atoms with Crippen molar-refractivity contribution in [1.82, 2.24) is 29.7 Å². The molecule has 3 aromatic carbocycles. The number of imidazole rings is 2. The molecule has 8 rings (SSSR count). The van der Waals surface area contributed by atoms with Gasteiger partial charge in [0.25, 0.3) is 0 Å². The highest BCUT2D eigenvalue weighted by Gasteiger charge is 2.37. The summed E-state index contributed by atoms with van der Waals surface area (Å²) in [5, 5.41) is 2.30. The molecule has 51 heavy (non-hydrogen) atoms. The fraction of sp³-hybridized carbons (Fsp3) is 0.488. The van der Waals surface area contributed by atoms with Crippen LogP contribution in [0.2, 0.25) is 0 Å². The first-order valence-electron chi connectivity index (χ1n) is 19.4. The number of aromatic nitrogens is 4. The van der Waals surface area contributed by atoms with Crippen molar-refractivity contribution >= 4 is 33.6 Å². The van der Waals surface area contributed by atoms with Gasteiger partial charge in [0, 0.05) is 36.4 Å². The molecule has 2 aromatic heterocycles. The Morgan fingerprint density at radius 3 is 2.33 bits per heavy atom. The summed E-state index contributed by atoms with van der Waals surface area (Å²) < 4.78 is 0. The van der Waals surface area contributed by atoms with E-state index in [1.54, 1.807) is 0 Å². The number of carbonyl (C=O) groups excluding carboxylic acids is 2. The van der Waals surface area contributed by atoms with Gasteiger partial charge in [0.2, 0.25) is 11.8 Å². The van der Waals surface area contributed by atoms with Gasteiger partial charge in [-0.15, -0.1) is 0 Å². The van der Waals surface area contributed by atoms with E-state index in [-0.39, 0.29) is 29.9 Å². The summed E-state index contributed by atoms with van der Waals surface area (Å²) in [6.45, 7) is 11.4. The Morgan fingerprint density at radius 2 is 1.55 bits per heavy atom. The maximum absolute atomic E-state index is 13.2. The van der Waals surface area contributed by atoms with Gasteiger partial charge >= 0.3 is 0 Å². The molecule has 8 nitrogen and oxygen atoms in total. The second-order valence-corrected chi connectivity index (χ2v) is 16.2. The summed E-state index contributed by atoms with van der Waals surface area (Å²) in [6.07, 6.45) is 11.5. The molecule has 2 fully saturated rings. The number of hydrogen-bond donors (Lipinski definition) is 2. The van der Waals surface area contributed by atoms with Crippen LogP contribution >= 0.6 is 0 Å². The molecule has 4 heterocycles. The van der Waals surface area contributed by atoms with Crippen LogP contribution in [0.5, 0.6) is 0 Å². The molecule has 2 amide bonds. The normalized spacial score (nSPS) is 20.7. The highest BCUT2D eigenvalue weighted by molar-refractivity contribution is 6.05. The van der Waals surface area contributed by atoms with Crippen LogP contribution in [0.15, 0.2) is 48.7 Å². The summed E-state index contributed by atoms with van der Waals surface area (Å²) in [4.78, 5) is 47.7. The zero-order valence-electron chi connectivity index (χ0n) is 30.9. The summed E-state index contributed by atoms with van der Waals surface area (Å²) in [7, 11) is 0. The van der Waals surface area contributed by atoms with Crippen LogP contribution in [0.25, 0.3) is 44.2 Å². The first-order chi connectivity index (χ1) is 24.7. The number of benzene rings is 3. The Kier molecular flexibility index (Phi) is 8.97. The number of nitrogens with zero attached hydrogens (tertiary/aromatic N) is 4. The van der Waals surface area contributed by atoms with Crippen LogP contribution in [0.3, 0.4) is 0 Å². The Hall–Kier alpha value is -4.46. The molecule has 3 unspecified atom stereocenters. The summed E-state index contributed by atoms with van der Waals surface area (Å²) in [5.41, 5.74) is 9.67. The Balaban J connectivity index is 1.10. The van der Waals surface area contributed by atoms with Crippen molar-refractivity contribution in [2.24, 2.45) is 11.8 Å². The zero-order valence-corrected chi connectivity index (χ0v) is 30.9. The van der Waals surface area contributed by atoms with Gasteiger partial charge in [0.05, 0.1) is 35.0 Å². The number of nitrogens with one attached hydrogen (secondary N) is 2. The first-order valence-corrected chi connectivity index (χ1v) is 19.4. The highest BCUT2D eigenvalue weighted by atomic mass is 16.2. The van der Waals surface area contributed by atoms with E-state index in [1.165, 1.54) is 46.0 Å². The average molecular weight is 685 g/mol. The number of rotatable bonds is 8. The number of H-pyrrole nitrogens is 2. The van der Waals surface area contributed by atoms with Crippen molar-refractivity contribution in [3.8, 4) is 22.4 Å². The molecule has 0 radical (unpaired) electrons. The van der Waals surface area contributed by atoms with Crippen molar-refractivity contribution in [3.05, 3.63) is 71.4 Å². The first kappa shape index (κ1) is 33.7. The minimum atomic E-state index is -0.00608. The predicted molar refractivity (Wildman–Crippen MR) is 204 cm³/mol. The van der Waals surface area contributed by atoms with Gasteiger partial charge < -0.3 is 19.8 Å². The molecule has 3 atom stereocenters. The lowest BCUT2D eigenvalue weighted by molar-refractivity contribution is -0.135. The lowest BCUT2D eigenvalue weighted by atomic mass is 9.82. The topological polar surface area (TPSA) is 98.0 Å². The van der Waals surface area contributed by atoms with Crippen LogP contribution in [-0.4, -0.2) is 54.1 Å². The third kappa shape index (κ3) is 6.25. The minimum Gasteiger partial charge on any atom is -0.340 e. The van der Waals surface area contributed by atoms with E-state index >= 15 is 0 Å². The number of likely N-dealkylation sites (tertiary alicyclic amines) is 2. The van der Waals surface area contributed by atoms with Crippen LogP contribution in [0, 0.1) is 11.8 Å². The molecule has 5 aromatic rings. The van der Waals surface area contributed by atoms with Gasteiger partial charge in [-0.2, -0.15) is 0 Å². The van der Waals surface area contributed by atoms with Crippen LogP contribution < -0.4 is 0 Å². The monoisotopic (exact) mass is 684 g/mol. The van der Waals surface area contributed by atoms with E-state index in [1.807, 2.05) is 11.1 Å². The van der Waals surface area contributed by atoms with Gasteiger partial charge in [-0.25, -0.2) is 9.97 Å². The molecule has 2 aliphatic heterocycles. The Bertz CT molecular complexity index is 2110. The third-order valence-electron chi connectivity index (χ3n) is 11.5. The molecular formula is C43H52N6O2. The van der Waals surface area contributed by atoms with Crippen molar-refractivity contribution in [3.63, 3.8) is 0 Å². The second-order valence-electron chi connectivity index (χ2n) is 16.2. The van der Waals surface area contributed by atoms with Crippen LogP contribution in [-0.2, 0) is 22.4 Å². The van der Waals surface area contributed by atoms with E-state index in [0.29, 0.717) is 24.7 Å². The smallest absolute Gasteiger partial charge is 0.223 e. The Morgan fingerprint density at radius 1 is 0.804 bits per heavy atom. The van der Waals surface area contributed by atoms with Crippen LogP contribution in [0.1, 0.15) is 121 Å². The lowest BCUT2D eigenvalue weighted by Crippen LogP contribution is -2.36. The molecular weight excluding hydrogens is 633 g/mol. The van der Waals surface area contributed by atoms with Crippen molar-refractivity contribution in [2.75, 3.05) is 6.54 Å². The quantitative estimate of drug-likeness (QED) is 0.170. The van der Waals surface area contributed by atoms with E-state index in [2.05, 4.69) is 92.0 Å². The lowest BCUT2D eigenvalue weighted by Gasteiger charge is -2.28. The van der Waals surface area contributed by atoms with Gasteiger partial charge in [0.15, 0.2) is 0 Å². The molecule has 2 N–H and O–H groups in total. The van der Waals surface area contributed by atoms with E-state index in [9.17, 15) is 9.59 Å². The molecule has 8 heteroatoms. The predicted octanol–water partition coefficient (Wildman–Crippen LogP) is 9.46. The van der Waals surface area contributed by atoms with Crippen molar-refractivity contribution in [1.29, 1.82) is 0 Å². The number of aromatic amines is 2. The van der Waals surface area contributed by atoms with Gasteiger partial charge in [-0.05, 0) is 110 Å². The van der Waals surface area contributed by atoms with E-state index in [0.717, 1.165) is 78.8 Å². The number of hydrogen-bond acceptors (Lipinski definition) is 4. The highest BCUT2D eigenvalue weighted by Crippen LogP contribution is 2.41. The number of carbonyl (C=O) groups is 2. The average Bonchev–Trinajstić information content (AvgIpc) is 3.92. The zero-order chi connectivity index (χ0) is 35.4. The van der Waals surface area contributed by atoms with Crippen molar-refractivity contribution < 1.29 is 9.59 Å². The SMILES string of the molecule is CC(C)CC(=O)N1CCCC1c1ncc(-c2ccc(-c3ccc4c(ccc5[nH]c(C6CCC(C)N6C(=O)CC(C)C)nc54)c3)c3c2CCCC3)[nH]1. The summed E-state index contributed by atoms with van der Waals surface area (Å²) in [5.74, 6) is 2.96. The van der Waals surface area contributed by atoms with Gasteiger partial charge in [-0.3, -0.25) is 9.59 Å². The fourth-order valence-electron chi connectivity index (χ4n) is 9.12. The minimum absolute atomic E-state index is 0.00608. The molecule has 3 aliphatic rings. The standard InChI is InChI=1S/C43H52N6O2/c1-25(2)21-39(50)48-20-8-11-37(48)42-44-24-36(46-42)34-17-16-30(32-9-6-7-10-33(32)34)28-13-15-31-29(23-28)14-18-35-41(31)47-43(45-35)38-19-12-27(5)49(38)40(51)22-26(3)4/h13-18,23-27,37-38H,6-12,19-22H2,1-5H3,(H,44,46)(H,45,47). The van der Waals surface area contributed by atoms with Crippen LogP contribution in [0.4, 0.5) is 0 Å². The van der Waals surface area contributed by atoms with E-state index < -0.39 is 0 Å². The van der Waals surface area contributed by atoms with Crippen molar-refractivity contribution in [2.45, 2.75) is 117 Å². The molecule has 0 spiro atoms. The largest absolute Gasteiger partial charge is 0.340 e. The molecule has 0 saturated carbocycles. The maximum atomic E-state index is 13.2. The Labute approximate surface area is 301 Å². The van der Waals surface area contributed by atoms with Gasteiger partial charge in [0.1, 0.15) is 11.6 Å². The van der Waals surface area contributed by atoms with Gasteiger partial charge in [-0.1, -0.05) is 58.0 Å². The molecule has 1 aliphatic carbocycles. The molecule has 266 valence electrons. The summed E-state index contributed by atoms with van der Waals surface area (Å²) >= 11 is 0. The second kappa shape index (κ2) is 13.6. The molecule has 2 saturated heterocycles. The summed E-state index contributed by atoms with van der Waals surface area (Å²) in [6, 6.07) is 16.0. The number of fused-ring (bicyclic) bond motifs is 4. The van der Waals surface area contributed by atoms with E-state index in [4.69, 9.17) is 9.97 Å². The number of amides is 2. The maximum Gasteiger partial charge on any atom is 0.223 e. The third-order valence-corrected chi connectivity index (χ3v) is 11.5. The molecule has 0 bridgehead atoms. The fourth-order valence-corrected chi connectivity index (χ4v) is 9.12.